The zero-order valence-electron chi connectivity index (χ0n) is 22.1. The predicted molar refractivity (Wildman–Crippen MR) is 159 cm³/mol. The van der Waals surface area contributed by atoms with E-state index in [-0.39, 0.29) is 17.3 Å². The van der Waals surface area contributed by atoms with Crippen LogP contribution < -0.4 is 9.62 Å². The van der Waals surface area contributed by atoms with Gasteiger partial charge in [-0.2, -0.15) is 0 Å². The minimum Gasteiger partial charge on any atom is -0.357 e. The molecule has 0 fully saturated rings. The lowest BCUT2D eigenvalue weighted by atomic mass is 10.1. The number of carbonyl (C=O) groups is 2. The minimum atomic E-state index is -4.13. The third-order valence-electron chi connectivity index (χ3n) is 6.24. The van der Waals surface area contributed by atoms with Crippen molar-refractivity contribution in [2.45, 2.75) is 42.6 Å². The van der Waals surface area contributed by atoms with Crippen LogP contribution in [0.1, 0.15) is 24.5 Å². The number of rotatable bonds is 11. The Morgan fingerprint density at radius 1 is 1.00 bits per heavy atom. The number of hydrogen-bond donors (Lipinski definition) is 1. The Balaban J connectivity index is 2.07. The first-order chi connectivity index (χ1) is 18.5. The van der Waals surface area contributed by atoms with Crippen molar-refractivity contribution >= 4 is 62.5 Å². The molecule has 0 aromatic heterocycles. The molecule has 39 heavy (non-hydrogen) atoms. The van der Waals surface area contributed by atoms with Crippen LogP contribution in [-0.4, -0.2) is 51.0 Å². The van der Waals surface area contributed by atoms with Gasteiger partial charge in [0, 0.05) is 28.5 Å². The van der Waals surface area contributed by atoms with E-state index in [1.54, 1.807) is 61.5 Å². The van der Waals surface area contributed by atoms with Gasteiger partial charge in [-0.3, -0.25) is 13.9 Å². The topological polar surface area (TPSA) is 86.8 Å². The molecule has 208 valence electrons. The number of anilines is 1. The molecular formula is C28H31Cl2N3O4S2. The summed E-state index contributed by atoms with van der Waals surface area (Å²) >= 11 is 13.9. The largest absolute Gasteiger partial charge is 0.357 e. The number of sulfonamides is 1. The molecule has 0 aliphatic rings. The number of carbonyl (C=O) groups excluding carboxylic acids is 2. The summed E-state index contributed by atoms with van der Waals surface area (Å²) in [4.78, 5) is 29.1. The van der Waals surface area contributed by atoms with Crippen molar-refractivity contribution in [1.82, 2.24) is 10.2 Å². The molecule has 0 bridgehead atoms. The van der Waals surface area contributed by atoms with Crippen LogP contribution in [0, 0.1) is 6.92 Å². The smallest absolute Gasteiger partial charge is 0.264 e. The predicted octanol–water partition coefficient (Wildman–Crippen LogP) is 5.77. The molecule has 0 radical (unpaired) electrons. The van der Waals surface area contributed by atoms with Crippen molar-refractivity contribution in [1.29, 1.82) is 0 Å². The van der Waals surface area contributed by atoms with Gasteiger partial charge >= 0.3 is 0 Å². The molecule has 0 aliphatic carbocycles. The van der Waals surface area contributed by atoms with E-state index in [2.05, 4.69) is 5.32 Å². The van der Waals surface area contributed by atoms with Gasteiger partial charge < -0.3 is 10.2 Å². The summed E-state index contributed by atoms with van der Waals surface area (Å²) in [5.74, 6) is -0.922. The summed E-state index contributed by atoms with van der Waals surface area (Å²) in [6.07, 6.45) is 2.21. The Morgan fingerprint density at radius 3 is 2.18 bits per heavy atom. The summed E-state index contributed by atoms with van der Waals surface area (Å²) in [5, 5.41) is 3.37. The van der Waals surface area contributed by atoms with Crippen LogP contribution in [0.2, 0.25) is 10.0 Å². The van der Waals surface area contributed by atoms with Crippen molar-refractivity contribution < 1.29 is 18.0 Å². The third-order valence-corrected chi connectivity index (χ3v) is 9.35. The van der Waals surface area contributed by atoms with Crippen molar-refractivity contribution in [2.75, 3.05) is 24.2 Å². The van der Waals surface area contributed by atoms with Crippen LogP contribution >= 0.6 is 35.0 Å². The van der Waals surface area contributed by atoms with Gasteiger partial charge in [-0.15, -0.1) is 11.8 Å². The van der Waals surface area contributed by atoms with Gasteiger partial charge in [-0.25, -0.2) is 8.42 Å². The summed E-state index contributed by atoms with van der Waals surface area (Å²) in [6, 6.07) is 17.4. The molecule has 7 nitrogen and oxygen atoms in total. The highest BCUT2D eigenvalue weighted by atomic mass is 35.5. The van der Waals surface area contributed by atoms with Gasteiger partial charge in [0.15, 0.2) is 0 Å². The zero-order chi connectivity index (χ0) is 28.7. The molecule has 0 unspecified atom stereocenters. The standard InChI is InChI=1S/C28H31Cl2N3O4S2/c1-5-26(28(35)31-3)32(17-20-8-9-21(29)16-25(20)30)27(34)18-33(22-10-6-19(2)7-11-22)39(36,37)24-14-12-23(38-4)13-15-24/h6-16,26H,5,17-18H2,1-4H3,(H,31,35)/t26-/m0/s1. The highest BCUT2D eigenvalue weighted by Crippen LogP contribution is 2.28. The van der Waals surface area contributed by atoms with Crippen LogP contribution in [0.5, 0.6) is 0 Å². The molecule has 0 saturated carbocycles. The van der Waals surface area contributed by atoms with Gasteiger partial charge in [-0.05, 0) is 73.7 Å². The fraction of sp³-hybridized carbons (Fsp3) is 0.286. The molecule has 0 aliphatic heterocycles. The molecular weight excluding hydrogens is 577 g/mol. The second kappa shape index (κ2) is 13.6. The lowest BCUT2D eigenvalue weighted by Gasteiger charge is -2.33. The number of likely N-dealkylation sites (N-methyl/N-ethyl adjacent to an activating group) is 1. The zero-order valence-corrected chi connectivity index (χ0v) is 25.3. The Kier molecular flexibility index (Phi) is 10.7. The highest BCUT2D eigenvalue weighted by Gasteiger charge is 2.33. The number of benzene rings is 3. The van der Waals surface area contributed by atoms with Crippen LogP contribution in [0.15, 0.2) is 76.5 Å². The maximum absolute atomic E-state index is 13.9. The Bertz CT molecular complexity index is 1420. The molecule has 3 aromatic carbocycles. The van der Waals surface area contributed by atoms with E-state index in [0.29, 0.717) is 27.7 Å². The minimum absolute atomic E-state index is 0.00896. The number of nitrogens with zero attached hydrogens (tertiary/aromatic N) is 2. The second-order valence-corrected chi connectivity index (χ2v) is 12.4. The maximum Gasteiger partial charge on any atom is 0.264 e. The third kappa shape index (κ3) is 7.48. The van der Waals surface area contributed by atoms with E-state index >= 15 is 0 Å². The summed E-state index contributed by atoms with van der Waals surface area (Å²) in [7, 11) is -2.64. The van der Waals surface area contributed by atoms with Crippen LogP contribution in [0.25, 0.3) is 0 Å². The van der Waals surface area contributed by atoms with E-state index in [4.69, 9.17) is 23.2 Å². The lowest BCUT2D eigenvalue weighted by Crippen LogP contribution is -2.51. The van der Waals surface area contributed by atoms with Crippen LogP contribution in [-0.2, 0) is 26.2 Å². The van der Waals surface area contributed by atoms with Crippen molar-refractivity contribution in [3.05, 3.63) is 87.9 Å². The maximum atomic E-state index is 13.9. The average molecular weight is 609 g/mol. The Morgan fingerprint density at radius 2 is 1.64 bits per heavy atom. The molecule has 0 heterocycles. The van der Waals surface area contributed by atoms with Gasteiger partial charge in [0.2, 0.25) is 11.8 Å². The first-order valence-corrected chi connectivity index (χ1v) is 15.6. The van der Waals surface area contributed by atoms with E-state index in [0.717, 1.165) is 14.8 Å². The van der Waals surface area contributed by atoms with Crippen LogP contribution in [0.4, 0.5) is 5.69 Å². The first-order valence-electron chi connectivity index (χ1n) is 12.2. The molecule has 1 N–H and O–H groups in total. The summed E-state index contributed by atoms with van der Waals surface area (Å²) < 4.78 is 28.9. The van der Waals surface area contributed by atoms with Crippen molar-refractivity contribution in [3.63, 3.8) is 0 Å². The van der Waals surface area contributed by atoms with E-state index in [1.165, 1.54) is 35.8 Å². The number of amides is 2. The number of halogens is 2. The monoisotopic (exact) mass is 607 g/mol. The normalized spacial score (nSPS) is 12.1. The SMILES string of the molecule is CC[C@@H](C(=O)NC)N(Cc1ccc(Cl)cc1Cl)C(=O)CN(c1ccc(C)cc1)S(=O)(=O)c1ccc(SC)cc1. The number of aryl methyl sites for hydroxylation is 1. The quantitative estimate of drug-likeness (QED) is 0.279. The van der Waals surface area contributed by atoms with E-state index in [1.807, 2.05) is 13.2 Å². The molecule has 3 rings (SSSR count). The van der Waals surface area contributed by atoms with E-state index < -0.39 is 28.5 Å². The van der Waals surface area contributed by atoms with Crippen LogP contribution in [0.3, 0.4) is 0 Å². The summed E-state index contributed by atoms with van der Waals surface area (Å²) in [5.41, 5.74) is 1.85. The molecule has 3 aromatic rings. The van der Waals surface area contributed by atoms with E-state index in [9.17, 15) is 18.0 Å². The lowest BCUT2D eigenvalue weighted by molar-refractivity contribution is -0.140. The highest BCUT2D eigenvalue weighted by molar-refractivity contribution is 7.98. The molecule has 0 saturated heterocycles. The second-order valence-electron chi connectivity index (χ2n) is 8.82. The van der Waals surface area contributed by atoms with Crippen molar-refractivity contribution in [3.8, 4) is 0 Å². The van der Waals surface area contributed by atoms with Gasteiger partial charge in [0.1, 0.15) is 12.6 Å². The first kappa shape index (κ1) is 30.8. The number of nitrogens with one attached hydrogen (secondary N) is 1. The number of thioether (sulfide) groups is 1. The van der Waals surface area contributed by atoms with Gasteiger partial charge in [0.25, 0.3) is 10.0 Å². The number of hydrogen-bond acceptors (Lipinski definition) is 5. The molecule has 0 spiro atoms. The molecule has 11 heteroatoms. The Hall–Kier alpha value is -2.72. The Labute approximate surface area is 244 Å². The fourth-order valence-electron chi connectivity index (χ4n) is 4.03. The average Bonchev–Trinajstić information content (AvgIpc) is 2.93. The fourth-order valence-corrected chi connectivity index (χ4v) is 6.32. The van der Waals surface area contributed by atoms with Crippen molar-refractivity contribution in [2.24, 2.45) is 0 Å². The van der Waals surface area contributed by atoms with Gasteiger partial charge in [0.05, 0.1) is 10.6 Å². The summed E-state index contributed by atoms with van der Waals surface area (Å²) in [6.45, 7) is 3.15. The molecule has 2 amide bonds. The molecule has 1 atom stereocenters. The van der Waals surface area contributed by atoms with Gasteiger partial charge in [-0.1, -0.05) is 53.9 Å².